The fourth-order valence-corrected chi connectivity index (χ4v) is 3.60. The van der Waals surface area contributed by atoms with Crippen LogP contribution in [-0.4, -0.2) is 42.8 Å². The van der Waals surface area contributed by atoms with E-state index in [1.54, 1.807) is 7.11 Å². The Morgan fingerprint density at radius 1 is 1.44 bits per heavy atom. The molecule has 0 bridgehead atoms. The first-order valence-electron chi connectivity index (χ1n) is 8.59. The van der Waals surface area contributed by atoms with Crippen LogP contribution in [0.4, 0.5) is 13.6 Å². The Morgan fingerprint density at radius 3 is 2.88 bits per heavy atom. The Balaban J connectivity index is 2.30. The first-order chi connectivity index (χ1) is 11.9. The molecule has 1 aliphatic rings. The minimum Gasteiger partial charge on any atom is -0.385 e. The highest BCUT2D eigenvalue weighted by Gasteiger charge is 2.42. The van der Waals surface area contributed by atoms with E-state index in [1.165, 1.54) is 4.90 Å². The van der Waals surface area contributed by atoms with Gasteiger partial charge in [-0.05, 0) is 50.3 Å². The predicted molar refractivity (Wildman–Crippen MR) is 89.9 cm³/mol. The van der Waals surface area contributed by atoms with Crippen LogP contribution in [0.25, 0.3) is 0 Å². The molecule has 7 heteroatoms. The zero-order chi connectivity index (χ0) is 18.4. The molecule has 3 N–H and O–H groups in total. The summed E-state index contributed by atoms with van der Waals surface area (Å²) >= 11 is 0. The van der Waals surface area contributed by atoms with Crippen LogP contribution in [0.2, 0.25) is 0 Å². The van der Waals surface area contributed by atoms with Crippen LogP contribution < -0.4 is 5.73 Å². The summed E-state index contributed by atoms with van der Waals surface area (Å²) in [7, 11) is 1.59. The van der Waals surface area contributed by atoms with E-state index in [4.69, 9.17) is 10.5 Å². The van der Waals surface area contributed by atoms with Crippen molar-refractivity contribution in [3.8, 4) is 0 Å². The number of carbonyl (C=O) groups excluding carboxylic acids is 1. The maximum absolute atomic E-state index is 14.4. The van der Waals surface area contributed by atoms with Crippen molar-refractivity contribution in [2.45, 2.75) is 37.7 Å². The Morgan fingerprint density at radius 2 is 2.20 bits per heavy atom. The number of halogens is 2. The number of aliphatic hydroxyl groups is 1. The van der Waals surface area contributed by atoms with Crippen LogP contribution in [-0.2, 0) is 10.3 Å². The number of hydrogen-bond acceptors (Lipinski definition) is 3. The van der Waals surface area contributed by atoms with E-state index in [0.29, 0.717) is 38.8 Å². The molecule has 0 saturated carbocycles. The lowest BCUT2D eigenvalue weighted by atomic mass is 9.74. The number of nitrogens with two attached hydrogens (primary N) is 1. The van der Waals surface area contributed by atoms with Gasteiger partial charge < -0.3 is 20.5 Å². The SMILES string of the molecule is COCCCC[C@@](O)(c1cc(F)ccc1F)[C@@H]1CCCN(C(N)=O)C1. The van der Waals surface area contributed by atoms with Crippen molar-refractivity contribution in [2.75, 3.05) is 26.8 Å². The third-order valence-electron chi connectivity index (χ3n) is 4.96. The van der Waals surface area contributed by atoms with Gasteiger partial charge in [-0.2, -0.15) is 0 Å². The largest absolute Gasteiger partial charge is 0.385 e. The highest BCUT2D eigenvalue weighted by Crippen LogP contribution is 2.41. The number of hydrogen-bond donors (Lipinski definition) is 2. The first-order valence-corrected chi connectivity index (χ1v) is 8.59. The minimum absolute atomic E-state index is 0.0544. The third kappa shape index (κ3) is 4.67. The van der Waals surface area contributed by atoms with Gasteiger partial charge >= 0.3 is 6.03 Å². The average molecular weight is 356 g/mol. The second kappa shape index (κ2) is 8.58. The van der Waals surface area contributed by atoms with Gasteiger partial charge in [-0.15, -0.1) is 0 Å². The summed E-state index contributed by atoms with van der Waals surface area (Å²) in [5.41, 5.74) is 3.74. The molecular weight excluding hydrogens is 330 g/mol. The third-order valence-corrected chi connectivity index (χ3v) is 4.96. The van der Waals surface area contributed by atoms with Gasteiger partial charge in [0.1, 0.15) is 11.6 Å². The standard InChI is InChI=1S/C18H26F2N2O3/c1-25-10-3-2-8-18(24,15-11-14(19)6-7-16(15)20)13-5-4-9-22(12-13)17(21)23/h6-7,11,13,24H,2-5,8-10,12H2,1H3,(H2,21,23)/t13-,18+/m1/s1. The second-order valence-corrected chi connectivity index (χ2v) is 6.62. The monoisotopic (exact) mass is 356 g/mol. The summed E-state index contributed by atoms with van der Waals surface area (Å²) in [5.74, 6) is -1.66. The fraction of sp³-hybridized carbons (Fsp3) is 0.611. The van der Waals surface area contributed by atoms with Gasteiger partial charge in [0, 0.05) is 38.3 Å². The molecule has 1 heterocycles. The maximum atomic E-state index is 14.4. The van der Waals surface area contributed by atoms with Gasteiger partial charge in [-0.1, -0.05) is 0 Å². The van der Waals surface area contributed by atoms with Crippen molar-refractivity contribution in [3.05, 3.63) is 35.4 Å². The van der Waals surface area contributed by atoms with Gasteiger partial charge in [0.25, 0.3) is 0 Å². The maximum Gasteiger partial charge on any atom is 0.314 e. The van der Waals surface area contributed by atoms with Crippen LogP contribution in [0, 0.1) is 17.6 Å². The summed E-state index contributed by atoms with van der Waals surface area (Å²) in [5, 5.41) is 11.4. The Bertz CT molecular complexity index is 600. The quantitative estimate of drug-likeness (QED) is 0.738. The number of benzene rings is 1. The van der Waals surface area contributed by atoms with Crippen molar-refractivity contribution in [1.29, 1.82) is 0 Å². The molecule has 0 aliphatic carbocycles. The van der Waals surface area contributed by atoms with Crippen molar-refractivity contribution in [3.63, 3.8) is 0 Å². The molecule has 25 heavy (non-hydrogen) atoms. The van der Waals surface area contributed by atoms with Gasteiger partial charge in [0.2, 0.25) is 0 Å². The van der Waals surface area contributed by atoms with E-state index in [-0.39, 0.29) is 18.5 Å². The number of unbranched alkanes of at least 4 members (excludes halogenated alkanes) is 1. The lowest BCUT2D eigenvalue weighted by Crippen LogP contribution is -2.50. The van der Waals surface area contributed by atoms with Crippen LogP contribution >= 0.6 is 0 Å². The highest BCUT2D eigenvalue weighted by atomic mass is 19.1. The molecule has 1 saturated heterocycles. The summed E-state index contributed by atoms with van der Waals surface area (Å²) in [6, 6.07) is 2.54. The molecule has 1 aromatic rings. The van der Waals surface area contributed by atoms with E-state index in [9.17, 15) is 18.7 Å². The van der Waals surface area contributed by atoms with Gasteiger partial charge in [0.15, 0.2) is 0 Å². The highest BCUT2D eigenvalue weighted by molar-refractivity contribution is 5.72. The number of urea groups is 1. The van der Waals surface area contributed by atoms with Crippen LogP contribution in [0.3, 0.4) is 0 Å². The van der Waals surface area contributed by atoms with Gasteiger partial charge in [-0.3, -0.25) is 0 Å². The number of nitrogens with zero attached hydrogens (tertiary/aromatic N) is 1. The number of piperidine rings is 1. The lowest BCUT2D eigenvalue weighted by Gasteiger charge is -2.42. The molecular formula is C18H26F2N2O3. The molecule has 140 valence electrons. The fourth-order valence-electron chi connectivity index (χ4n) is 3.60. The number of methoxy groups -OCH3 is 1. The van der Waals surface area contributed by atoms with Crippen molar-refractivity contribution in [2.24, 2.45) is 11.7 Å². The van der Waals surface area contributed by atoms with E-state index < -0.39 is 29.2 Å². The molecule has 2 atom stereocenters. The topological polar surface area (TPSA) is 75.8 Å². The van der Waals surface area contributed by atoms with E-state index in [2.05, 4.69) is 0 Å². The second-order valence-electron chi connectivity index (χ2n) is 6.62. The number of likely N-dealkylation sites (tertiary alicyclic amines) is 1. The average Bonchev–Trinajstić information content (AvgIpc) is 2.60. The lowest BCUT2D eigenvalue weighted by molar-refractivity contribution is -0.0585. The van der Waals surface area contributed by atoms with Crippen LogP contribution in [0.5, 0.6) is 0 Å². The summed E-state index contributed by atoms with van der Waals surface area (Å²) < 4.78 is 33.1. The molecule has 0 spiro atoms. The number of carbonyl (C=O) groups is 1. The molecule has 0 unspecified atom stereocenters. The first kappa shape index (κ1) is 19.6. The summed E-state index contributed by atoms with van der Waals surface area (Å²) in [4.78, 5) is 12.9. The zero-order valence-corrected chi connectivity index (χ0v) is 14.5. The van der Waals surface area contributed by atoms with Crippen molar-refractivity contribution >= 4 is 6.03 Å². The summed E-state index contributed by atoms with van der Waals surface area (Å²) in [6.07, 6.45) is 2.81. The molecule has 1 fully saturated rings. The predicted octanol–water partition coefficient (Wildman–Crippen LogP) is 2.76. The molecule has 5 nitrogen and oxygen atoms in total. The van der Waals surface area contributed by atoms with Crippen LogP contribution in [0.15, 0.2) is 18.2 Å². The Kier molecular flexibility index (Phi) is 6.72. The normalized spacial score (nSPS) is 20.3. The number of ether oxygens (including phenoxy) is 1. The molecule has 2 amide bonds. The van der Waals surface area contributed by atoms with E-state index in [1.807, 2.05) is 0 Å². The zero-order valence-electron chi connectivity index (χ0n) is 14.5. The number of primary amides is 1. The van der Waals surface area contributed by atoms with E-state index in [0.717, 1.165) is 18.2 Å². The smallest absolute Gasteiger partial charge is 0.314 e. The molecule has 2 rings (SSSR count). The van der Waals surface area contributed by atoms with E-state index >= 15 is 0 Å². The minimum atomic E-state index is -1.56. The van der Waals surface area contributed by atoms with Crippen LogP contribution in [0.1, 0.15) is 37.7 Å². The summed E-state index contributed by atoms with van der Waals surface area (Å²) in [6.45, 7) is 1.27. The molecule has 1 aliphatic heterocycles. The molecule has 0 radical (unpaired) electrons. The van der Waals surface area contributed by atoms with Crippen molar-refractivity contribution in [1.82, 2.24) is 4.90 Å². The van der Waals surface area contributed by atoms with Crippen molar-refractivity contribution < 1.29 is 23.4 Å². The Labute approximate surface area is 146 Å². The Hall–Kier alpha value is -1.73. The van der Waals surface area contributed by atoms with Gasteiger partial charge in [-0.25, -0.2) is 13.6 Å². The van der Waals surface area contributed by atoms with Gasteiger partial charge in [0.05, 0.1) is 5.60 Å². The molecule has 1 aromatic carbocycles. The number of amides is 2. The number of rotatable bonds is 7. The molecule has 0 aromatic heterocycles.